The Morgan fingerprint density at radius 2 is 1.60 bits per heavy atom. The molecule has 0 fully saturated rings. The highest BCUT2D eigenvalue weighted by Crippen LogP contribution is 2.38. The first-order chi connectivity index (χ1) is 9.92. The molecule has 1 unspecified atom stereocenters. The van der Waals surface area contributed by atoms with Crippen molar-refractivity contribution in [3.63, 3.8) is 0 Å². The van der Waals surface area contributed by atoms with Gasteiger partial charge in [-0.2, -0.15) is 0 Å². The maximum Gasteiger partial charge on any atom is 0.124 e. The molecule has 1 atom stereocenters. The van der Waals surface area contributed by atoms with E-state index in [2.05, 4.69) is 60.7 Å². The Bertz CT molecular complexity index is 746. The predicted molar refractivity (Wildman–Crippen MR) is 82.1 cm³/mol. The van der Waals surface area contributed by atoms with Gasteiger partial charge in [0.2, 0.25) is 0 Å². The minimum Gasteiger partial charge on any atom is -0.485 e. The molecule has 0 saturated heterocycles. The molecular formula is C19H16O. The van der Waals surface area contributed by atoms with Crippen molar-refractivity contribution < 1.29 is 4.74 Å². The quantitative estimate of drug-likeness (QED) is 0.604. The Hall–Kier alpha value is -2.28. The summed E-state index contributed by atoms with van der Waals surface area (Å²) in [7, 11) is 0. The van der Waals surface area contributed by atoms with Crippen molar-refractivity contribution in [2.24, 2.45) is 0 Å². The number of hydrogen-bond acceptors (Lipinski definition) is 1. The summed E-state index contributed by atoms with van der Waals surface area (Å²) in [6, 6.07) is 23.3. The van der Waals surface area contributed by atoms with E-state index in [1.54, 1.807) is 0 Å². The lowest BCUT2D eigenvalue weighted by Crippen LogP contribution is -2.15. The summed E-state index contributed by atoms with van der Waals surface area (Å²) < 4.78 is 6.23. The molecule has 0 radical (unpaired) electrons. The largest absolute Gasteiger partial charge is 0.485 e. The monoisotopic (exact) mass is 260 g/mol. The van der Waals surface area contributed by atoms with Crippen LogP contribution >= 0.6 is 0 Å². The van der Waals surface area contributed by atoms with Crippen LogP contribution in [0.25, 0.3) is 10.8 Å². The zero-order valence-electron chi connectivity index (χ0n) is 11.3. The van der Waals surface area contributed by atoms with Crippen LogP contribution in [0.2, 0.25) is 0 Å². The van der Waals surface area contributed by atoms with Gasteiger partial charge in [0, 0.05) is 5.56 Å². The van der Waals surface area contributed by atoms with Crippen molar-refractivity contribution in [2.75, 3.05) is 0 Å². The van der Waals surface area contributed by atoms with Gasteiger partial charge in [-0.15, -0.1) is 0 Å². The Morgan fingerprint density at radius 3 is 2.50 bits per heavy atom. The molecule has 1 aliphatic heterocycles. The van der Waals surface area contributed by atoms with E-state index >= 15 is 0 Å². The zero-order chi connectivity index (χ0) is 13.4. The number of benzene rings is 3. The van der Waals surface area contributed by atoms with E-state index in [4.69, 9.17) is 4.74 Å². The first kappa shape index (κ1) is 11.5. The Kier molecular flexibility index (Phi) is 2.70. The van der Waals surface area contributed by atoms with E-state index in [1.165, 1.54) is 21.9 Å². The fraction of sp³-hybridized carbons (Fsp3) is 0.158. The molecule has 0 amide bonds. The Labute approximate surface area is 118 Å². The van der Waals surface area contributed by atoms with Crippen LogP contribution in [0.1, 0.15) is 23.7 Å². The van der Waals surface area contributed by atoms with E-state index in [9.17, 15) is 0 Å². The summed E-state index contributed by atoms with van der Waals surface area (Å²) in [5.74, 6) is 1.05. The lowest BCUT2D eigenvalue weighted by Gasteiger charge is -2.27. The second-order valence-corrected chi connectivity index (χ2v) is 5.32. The first-order valence-corrected chi connectivity index (χ1v) is 7.14. The molecule has 0 saturated carbocycles. The number of ether oxygens (including phenoxy) is 1. The molecule has 3 aromatic carbocycles. The molecule has 0 bridgehead atoms. The van der Waals surface area contributed by atoms with Gasteiger partial charge in [-0.1, -0.05) is 60.7 Å². The second kappa shape index (κ2) is 4.68. The SMILES string of the molecule is c1ccc(C2CCc3c(ccc4ccccc34)O2)cc1. The van der Waals surface area contributed by atoms with Crippen LogP contribution in [0.5, 0.6) is 5.75 Å². The van der Waals surface area contributed by atoms with Crippen LogP contribution in [0, 0.1) is 0 Å². The van der Waals surface area contributed by atoms with Crippen LogP contribution in [0.4, 0.5) is 0 Å². The fourth-order valence-electron chi connectivity index (χ4n) is 3.07. The minimum atomic E-state index is 0.185. The van der Waals surface area contributed by atoms with Gasteiger partial charge in [0.15, 0.2) is 0 Å². The van der Waals surface area contributed by atoms with E-state index < -0.39 is 0 Å². The van der Waals surface area contributed by atoms with E-state index in [0.717, 1.165) is 18.6 Å². The van der Waals surface area contributed by atoms with Crippen molar-refractivity contribution in [1.29, 1.82) is 0 Å². The Balaban J connectivity index is 1.75. The molecule has 0 aliphatic carbocycles. The fourth-order valence-corrected chi connectivity index (χ4v) is 3.07. The maximum absolute atomic E-state index is 6.23. The predicted octanol–water partition coefficient (Wildman–Crippen LogP) is 4.91. The topological polar surface area (TPSA) is 9.23 Å². The van der Waals surface area contributed by atoms with Gasteiger partial charge in [0.1, 0.15) is 11.9 Å². The number of rotatable bonds is 1. The molecule has 0 N–H and O–H groups in total. The molecule has 20 heavy (non-hydrogen) atoms. The summed E-state index contributed by atoms with van der Waals surface area (Å²) in [6.07, 6.45) is 2.31. The molecule has 1 aliphatic rings. The maximum atomic E-state index is 6.23. The van der Waals surface area contributed by atoms with Crippen molar-refractivity contribution >= 4 is 10.8 Å². The van der Waals surface area contributed by atoms with Gasteiger partial charge in [-0.05, 0) is 35.2 Å². The second-order valence-electron chi connectivity index (χ2n) is 5.32. The van der Waals surface area contributed by atoms with Crippen LogP contribution in [-0.2, 0) is 6.42 Å². The van der Waals surface area contributed by atoms with Crippen molar-refractivity contribution in [1.82, 2.24) is 0 Å². The summed E-state index contributed by atoms with van der Waals surface area (Å²) in [5.41, 5.74) is 2.63. The highest BCUT2D eigenvalue weighted by atomic mass is 16.5. The van der Waals surface area contributed by atoms with Crippen molar-refractivity contribution in [3.8, 4) is 5.75 Å². The van der Waals surface area contributed by atoms with Gasteiger partial charge in [0.05, 0.1) is 0 Å². The molecule has 3 aromatic rings. The lowest BCUT2D eigenvalue weighted by molar-refractivity contribution is 0.177. The number of hydrogen-bond donors (Lipinski definition) is 0. The highest BCUT2D eigenvalue weighted by molar-refractivity contribution is 5.87. The van der Waals surface area contributed by atoms with E-state index in [-0.39, 0.29) is 6.10 Å². The molecule has 1 heterocycles. The Morgan fingerprint density at radius 1 is 0.800 bits per heavy atom. The van der Waals surface area contributed by atoms with Crippen molar-refractivity contribution in [2.45, 2.75) is 18.9 Å². The number of aryl methyl sites for hydroxylation is 1. The summed E-state index contributed by atoms with van der Waals surface area (Å²) >= 11 is 0. The average Bonchev–Trinajstić information content (AvgIpc) is 2.55. The normalized spacial score (nSPS) is 17.5. The van der Waals surface area contributed by atoms with E-state index in [1.807, 2.05) is 6.07 Å². The summed E-state index contributed by atoms with van der Waals surface area (Å²) in [6.45, 7) is 0. The number of fused-ring (bicyclic) bond motifs is 3. The van der Waals surface area contributed by atoms with Crippen molar-refractivity contribution in [3.05, 3.63) is 77.9 Å². The van der Waals surface area contributed by atoms with Crippen LogP contribution in [0.3, 0.4) is 0 Å². The van der Waals surface area contributed by atoms with Gasteiger partial charge < -0.3 is 4.74 Å². The van der Waals surface area contributed by atoms with Gasteiger partial charge in [-0.25, -0.2) is 0 Å². The third-order valence-electron chi connectivity index (χ3n) is 4.09. The van der Waals surface area contributed by atoms with E-state index in [0.29, 0.717) is 0 Å². The summed E-state index contributed by atoms with van der Waals surface area (Å²) in [5, 5.41) is 2.63. The summed E-state index contributed by atoms with van der Waals surface area (Å²) in [4.78, 5) is 0. The molecule has 4 rings (SSSR count). The molecule has 1 heteroatoms. The molecule has 1 nitrogen and oxygen atoms in total. The van der Waals surface area contributed by atoms with Gasteiger partial charge >= 0.3 is 0 Å². The lowest BCUT2D eigenvalue weighted by atomic mass is 9.93. The third-order valence-corrected chi connectivity index (χ3v) is 4.09. The smallest absolute Gasteiger partial charge is 0.124 e. The molecule has 98 valence electrons. The first-order valence-electron chi connectivity index (χ1n) is 7.14. The average molecular weight is 260 g/mol. The molecule has 0 aromatic heterocycles. The standard InChI is InChI=1S/C19H16O/c1-2-7-15(8-3-1)18-13-11-17-16-9-5-4-6-14(16)10-12-19(17)20-18/h1-10,12,18H,11,13H2. The van der Waals surface area contributed by atoms with Crippen LogP contribution in [0.15, 0.2) is 66.7 Å². The zero-order valence-corrected chi connectivity index (χ0v) is 11.3. The highest BCUT2D eigenvalue weighted by Gasteiger charge is 2.22. The van der Waals surface area contributed by atoms with Gasteiger partial charge in [0.25, 0.3) is 0 Å². The van der Waals surface area contributed by atoms with Crippen LogP contribution in [-0.4, -0.2) is 0 Å². The molecule has 0 spiro atoms. The molecular weight excluding hydrogens is 244 g/mol. The minimum absolute atomic E-state index is 0.185. The van der Waals surface area contributed by atoms with Gasteiger partial charge in [-0.3, -0.25) is 0 Å². The third kappa shape index (κ3) is 1.87. The van der Waals surface area contributed by atoms with Crippen LogP contribution < -0.4 is 4.74 Å².